The van der Waals surface area contributed by atoms with Crippen molar-refractivity contribution in [2.45, 2.75) is 43.9 Å². The van der Waals surface area contributed by atoms with Gasteiger partial charge in [-0.1, -0.05) is 31.9 Å². The summed E-state index contributed by atoms with van der Waals surface area (Å²) >= 11 is 0. The first kappa shape index (κ1) is 16.0. The Hall–Kier alpha value is -1.89. The molecule has 2 amide bonds. The number of carbonyl (C=O) groups is 1. The Kier molecular flexibility index (Phi) is 4.95. The average molecular weight is 334 g/mol. The summed E-state index contributed by atoms with van der Waals surface area (Å²) in [7, 11) is -0.883. The van der Waals surface area contributed by atoms with E-state index >= 15 is 0 Å². The highest BCUT2D eigenvalue weighted by Gasteiger charge is 2.30. The molecule has 0 bridgehead atoms. The van der Waals surface area contributed by atoms with Crippen molar-refractivity contribution in [2.24, 2.45) is 0 Å². The topological polar surface area (TPSA) is 76.0 Å². The van der Waals surface area contributed by atoms with Crippen molar-refractivity contribution in [3.05, 3.63) is 30.6 Å². The zero-order valence-corrected chi connectivity index (χ0v) is 14.0. The fraction of sp³-hybridized carbons (Fsp3) is 0.500. The first-order valence-corrected chi connectivity index (χ1v) is 9.44. The summed E-state index contributed by atoms with van der Waals surface area (Å²) in [5.74, 6) is 0.636. The Morgan fingerprint density at radius 3 is 2.96 bits per heavy atom. The fourth-order valence-corrected chi connectivity index (χ4v) is 4.58. The second-order valence-corrected chi connectivity index (χ2v) is 7.73. The van der Waals surface area contributed by atoms with Crippen LogP contribution in [0, 0.1) is 0 Å². The molecule has 1 heterocycles. The first-order chi connectivity index (χ1) is 11.2. The molecule has 1 fully saturated rings. The molecule has 0 unspecified atom stereocenters. The van der Waals surface area contributed by atoms with Crippen LogP contribution >= 0.6 is 0 Å². The van der Waals surface area contributed by atoms with E-state index in [1.807, 2.05) is 31.2 Å². The third-order valence-electron chi connectivity index (χ3n) is 4.32. The number of hydrogen-bond donors (Lipinski definition) is 2. The van der Waals surface area contributed by atoms with Crippen LogP contribution in [-0.4, -0.2) is 36.9 Å². The lowest BCUT2D eigenvalue weighted by atomic mass is 9.95. The predicted molar refractivity (Wildman–Crippen MR) is 92.4 cm³/mol. The molecule has 0 aliphatic heterocycles. The average Bonchev–Trinajstić information content (AvgIpc) is 2.98. The van der Waals surface area contributed by atoms with E-state index in [2.05, 4.69) is 15.7 Å². The molecule has 1 aromatic carbocycles. The van der Waals surface area contributed by atoms with Gasteiger partial charge < -0.3 is 5.32 Å². The highest BCUT2D eigenvalue weighted by Crippen LogP contribution is 2.23. The van der Waals surface area contributed by atoms with Crippen LogP contribution in [-0.2, 0) is 10.8 Å². The summed E-state index contributed by atoms with van der Waals surface area (Å²) < 4.78 is 13.8. The maximum absolute atomic E-state index is 12.3. The van der Waals surface area contributed by atoms with Crippen molar-refractivity contribution in [1.29, 1.82) is 0 Å². The number of nitrogens with zero attached hydrogens (tertiary/aromatic N) is 2. The van der Waals surface area contributed by atoms with Gasteiger partial charge in [-0.2, -0.15) is 0 Å². The lowest BCUT2D eigenvalue weighted by molar-refractivity contribution is 0.242. The van der Waals surface area contributed by atoms with Gasteiger partial charge in [0.25, 0.3) is 0 Å². The Labute approximate surface area is 138 Å². The molecule has 1 aliphatic carbocycles. The SMILES string of the molecule is CC[S@](=O)[C@@H]1CCCC[C@H]1NC(=O)Nn1cnc2ccccc21. The number of urea groups is 1. The molecule has 1 aliphatic rings. The number of aromatic nitrogens is 2. The third kappa shape index (κ3) is 3.55. The second-order valence-electron chi connectivity index (χ2n) is 5.79. The quantitative estimate of drug-likeness (QED) is 0.901. The van der Waals surface area contributed by atoms with Crippen LogP contribution < -0.4 is 10.7 Å². The van der Waals surface area contributed by atoms with Crippen molar-refractivity contribution in [3.63, 3.8) is 0 Å². The number of fused-ring (bicyclic) bond motifs is 1. The largest absolute Gasteiger partial charge is 0.334 e. The standard InChI is InChI=1S/C16H22N4O2S/c1-2-23(22)15-10-6-4-8-13(15)18-16(21)19-20-11-17-12-7-3-5-9-14(12)20/h3,5,7,9,11,13,15H,2,4,6,8,10H2,1H3,(H2,18,19,21)/t13-,15-,23+/m1/s1. The molecule has 1 saturated carbocycles. The number of imidazole rings is 1. The van der Waals surface area contributed by atoms with Gasteiger partial charge in [0.1, 0.15) is 6.33 Å². The van der Waals surface area contributed by atoms with Gasteiger partial charge in [0.2, 0.25) is 0 Å². The summed E-state index contributed by atoms with van der Waals surface area (Å²) in [6.07, 6.45) is 5.54. The predicted octanol–water partition coefficient (Wildman–Crippen LogP) is 2.37. The number of benzene rings is 1. The monoisotopic (exact) mass is 334 g/mol. The number of amides is 2. The summed E-state index contributed by atoms with van der Waals surface area (Å²) in [5, 5.41) is 3.05. The minimum absolute atomic E-state index is 0.0284. The van der Waals surface area contributed by atoms with E-state index in [9.17, 15) is 9.00 Å². The molecular formula is C16H22N4O2S. The number of hydrogen-bond acceptors (Lipinski definition) is 3. The minimum Gasteiger partial charge on any atom is -0.333 e. The van der Waals surface area contributed by atoms with Crippen molar-refractivity contribution >= 4 is 27.9 Å². The highest BCUT2D eigenvalue weighted by molar-refractivity contribution is 7.85. The molecule has 2 N–H and O–H groups in total. The fourth-order valence-electron chi connectivity index (χ4n) is 3.15. The minimum atomic E-state index is -0.883. The summed E-state index contributed by atoms with van der Waals surface area (Å²) in [6.45, 7) is 1.93. The molecule has 0 saturated heterocycles. The maximum Gasteiger partial charge on any atom is 0.334 e. The summed E-state index contributed by atoms with van der Waals surface area (Å²) in [5.41, 5.74) is 4.47. The van der Waals surface area contributed by atoms with Crippen LogP contribution in [0.2, 0.25) is 0 Å². The smallest absolute Gasteiger partial charge is 0.333 e. The summed E-state index contributed by atoms with van der Waals surface area (Å²) in [6, 6.07) is 7.30. The molecule has 0 spiro atoms. The zero-order chi connectivity index (χ0) is 16.2. The third-order valence-corrected chi connectivity index (χ3v) is 6.13. The number of nitrogens with one attached hydrogen (secondary N) is 2. The molecule has 6 nitrogen and oxygen atoms in total. The van der Waals surface area contributed by atoms with Crippen LogP contribution in [0.15, 0.2) is 30.6 Å². The number of carbonyl (C=O) groups excluding carboxylic acids is 1. The highest BCUT2D eigenvalue weighted by atomic mass is 32.2. The van der Waals surface area contributed by atoms with Crippen LogP contribution in [0.3, 0.4) is 0 Å². The van der Waals surface area contributed by atoms with Gasteiger partial charge in [-0.25, -0.2) is 19.9 Å². The van der Waals surface area contributed by atoms with E-state index in [1.165, 1.54) is 0 Å². The summed E-state index contributed by atoms with van der Waals surface area (Å²) in [4.78, 5) is 16.6. The van der Waals surface area contributed by atoms with E-state index in [4.69, 9.17) is 0 Å². The van der Waals surface area contributed by atoms with Gasteiger partial charge >= 0.3 is 6.03 Å². The van der Waals surface area contributed by atoms with E-state index in [-0.39, 0.29) is 17.3 Å². The molecule has 3 rings (SSSR count). The Morgan fingerprint density at radius 1 is 1.35 bits per heavy atom. The molecule has 3 atom stereocenters. The van der Waals surface area contributed by atoms with E-state index in [0.29, 0.717) is 5.75 Å². The molecule has 2 aromatic rings. The molecule has 124 valence electrons. The lowest BCUT2D eigenvalue weighted by Crippen LogP contribution is -2.49. The van der Waals surface area contributed by atoms with Crippen LogP contribution in [0.1, 0.15) is 32.6 Å². The molecule has 23 heavy (non-hydrogen) atoms. The molecule has 1 aromatic heterocycles. The molecule has 7 heteroatoms. The number of rotatable bonds is 4. The van der Waals surface area contributed by atoms with E-state index in [0.717, 1.165) is 36.7 Å². The Bertz CT molecular complexity index is 715. The molecule has 0 radical (unpaired) electrons. The van der Waals surface area contributed by atoms with Crippen LogP contribution in [0.4, 0.5) is 4.79 Å². The second kappa shape index (κ2) is 7.12. The normalized spacial score (nSPS) is 22.7. The maximum atomic E-state index is 12.3. The van der Waals surface area contributed by atoms with Gasteiger partial charge in [0.15, 0.2) is 0 Å². The zero-order valence-electron chi connectivity index (χ0n) is 13.2. The van der Waals surface area contributed by atoms with Crippen LogP contribution in [0.25, 0.3) is 11.0 Å². The van der Waals surface area contributed by atoms with Crippen molar-refractivity contribution in [3.8, 4) is 0 Å². The molecular weight excluding hydrogens is 312 g/mol. The van der Waals surface area contributed by atoms with Gasteiger partial charge in [-0.15, -0.1) is 0 Å². The Morgan fingerprint density at radius 2 is 2.13 bits per heavy atom. The van der Waals surface area contributed by atoms with Crippen molar-refractivity contribution in [1.82, 2.24) is 15.0 Å². The first-order valence-electron chi connectivity index (χ1n) is 8.06. The van der Waals surface area contributed by atoms with Crippen molar-refractivity contribution in [2.75, 3.05) is 11.2 Å². The van der Waals surface area contributed by atoms with Crippen LogP contribution in [0.5, 0.6) is 0 Å². The van der Waals surface area contributed by atoms with E-state index in [1.54, 1.807) is 11.0 Å². The lowest BCUT2D eigenvalue weighted by Gasteiger charge is -2.31. The van der Waals surface area contributed by atoms with Gasteiger partial charge in [-0.05, 0) is 25.0 Å². The van der Waals surface area contributed by atoms with Gasteiger partial charge in [0, 0.05) is 22.6 Å². The number of para-hydroxylation sites is 2. The van der Waals surface area contributed by atoms with Gasteiger partial charge in [0.05, 0.1) is 16.3 Å². The van der Waals surface area contributed by atoms with E-state index < -0.39 is 10.8 Å². The Balaban J connectivity index is 1.67. The van der Waals surface area contributed by atoms with Crippen molar-refractivity contribution < 1.29 is 9.00 Å². The van der Waals surface area contributed by atoms with Gasteiger partial charge in [-0.3, -0.25) is 4.21 Å².